The maximum atomic E-state index is 10.5. The van der Waals surface area contributed by atoms with E-state index in [0.717, 1.165) is 44.4 Å². The second-order valence-corrected chi connectivity index (χ2v) is 10.8. The van der Waals surface area contributed by atoms with Crippen molar-refractivity contribution < 1.29 is 10.2 Å². The van der Waals surface area contributed by atoms with E-state index < -0.39 is 11.2 Å². The third-order valence-corrected chi connectivity index (χ3v) is 5.86. The first-order valence-corrected chi connectivity index (χ1v) is 12.6. The molecule has 0 spiro atoms. The molecule has 2 N–H and O–H groups in total. The molecule has 0 heterocycles. The van der Waals surface area contributed by atoms with Gasteiger partial charge in [0.25, 0.3) is 0 Å². The molecule has 32 heavy (non-hydrogen) atoms. The second kappa shape index (κ2) is 16.2. The van der Waals surface area contributed by atoms with Crippen molar-refractivity contribution in [2.75, 3.05) is 0 Å². The lowest BCUT2D eigenvalue weighted by Gasteiger charge is -2.18. The van der Waals surface area contributed by atoms with Gasteiger partial charge in [-0.3, -0.25) is 0 Å². The van der Waals surface area contributed by atoms with Crippen molar-refractivity contribution in [2.45, 2.75) is 130 Å². The van der Waals surface area contributed by atoms with Crippen LogP contribution in [0.5, 0.6) is 0 Å². The van der Waals surface area contributed by atoms with Gasteiger partial charge in [0.2, 0.25) is 0 Å². The average molecular weight is 443 g/mol. The number of hydrogen-bond acceptors (Lipinski definition) is 2. The van der Waals surface area contributed by atoms with Crippen LogP contribution in [0.4, 0.5) is 0 Å². The maximum Gasteiger partial charge on any atom is 0.124 e. The zero-order valence-corrected chi connectivity index (χ0v) is 22.1. The Morgan fingerprint density at radius 3 is 1.97 bits per heavy atom. The molecule has 3 unspecified atom stereocenters. The van der Waals surface area contributed by atoms with Crippen LogP contribution >= 0.6 is 0 Å². The van der Waals surface area contributed by atoms with Gasteiger partial charge in [0.1, 0.15) is 11.2 Å². The molecule has 3 atom stereocenters. The van der Waals surface area contributed by atoms with Crippen molar-refractivity contribution in [3.8, 4) is 23.7 Å². The SMILES string of the molecule is C=C(C)CCCC(C)=CCCC(C)(O)C#CC#CC(C)(O)CCCC(C)CCCC(C)C. The van der Waals surface area contributed by atoms with Crippen LogP contribution in [0.25, 0.3) is 0 Å². The molecule has 0 saturated heterocycles. The highest BCUT2D eigenvalue weighted by Gasteiger charge is 2.17. The smallest absolute Gasteiger partial charge is 0.124 e. The lowest BCUT2D eigenvalue weighted by atomic mass is 9.92. The first-order valence-electron chi connectivity index (χ1n) is 12.6. The molecule has 0 rings (SSSR count). The quantitative estimate of drug-likeness (QED) is 0.202. The Kier molecular flexibility index (Phi) is 15.4. The average Bonchev–Trinajstić information content (AvgIpc) is 2.64. The molecule has 0 aromatic carbocycles. The van der Waals surface area contributed by atoms with Gasteiger partial charge in [0.15, 0.2) is 0 Å². The third kappa shape index (κ3) is 19.2. The first-order chi connectivity index (χ1) is 14.8. The summed E-state index contributed by atoms with van der Waals surface area (Å²) in [6.07, 6.45) is 13.4. The minimum atomic E-state index is -1.07. The molecule has 0 aliphatic heterocycles. The van der Waals surface area contributed by atoms with E-state index in [-0.39, 0.29) is 0 Å². The van der Waals surface area contributed by atoms with Crippen LogP contribution in [0.1, 0.15) is 119 Å². The van der Waals surface area contributed by atoms with Gasteiger partial charge in [0.05, 0.1) is 0 Å². The summed E-state index contributed by atoms with van der Waals surface area (Å²) in [5.74, 6) is 12.7. The van der Waals surface area contributed by atoms with Crippen LogP contribution < -0.4 is 0 Å². The van der Waals surface area contributed by atoms with Gasteiger partial charge in [-0.15, -0.1) is 6.58 Å². The van der Waals surface area contributed by atoms with Crippen molar-refractivity contribution in [3.63, 3.8) is 0 Å². The second-order valence-electron chi connectivity index (χ2n) is 10.8. The summed E-state index contributed by atoms with van der Waals surface area (Å²) in [7, 11) is 0. The van der Waals surface area contributed by atoms with Crippen molar-refractivity contribution in [2.24, 2.45) is 11.8 Å². The fourth-order valence-electron chi connectivity index (χ4n) is 3.64. The van der Waals surface area contributed by atoms with Gasteiger partial charge < -0.3 is 10.2 Å². The van der Waals surface area contributed by atoms with Crippen molar-refractivity contribution >= 4 is 0 Å². The fraction of sp³-hybridized carbons (Fsp3) is 0.733. The van der Waals surface area contributed by atoms with E-state index in [0.29, 0.717) is 18.8 Å². The Hall–Kier alpha value is -1.48. The molecule has 0 aromatic rings. The third-order valence-electron chi connectivity index (χ3n) is 5.86. The van der Waals surface area contributed by atoms with Crippen LogP contribution in [0.3, 0.4) is 0 Å². The molecule has 0 aromatic heterocycles. The molecule has 2 heteroatoms. The summed E-state index contributed by atoms with van der Waals surface area (Å²) in [5, 5.41) is 21.0. The van der Waals surface area contributed by atoms with E-state index >= 15 is 0 Å². The molecular formula is C30H50O2. The summed E-state index contributed by atoms with van der Waals surface area (Å²) in [5.41, 5.74) is 0.477. The van der Waals surface area contributed by atoms with Gasteiger partial charge in [-0.05, 0) is 96.3 Å². The maximum absolute atomic E-state index is 10.5. The van der Waals surface area contributed by atoms with E-state index in [1.807, 2.05) is 0 Å². The zero-order valence-electron chi connectivity index (χ0n) is 22.1. The lowest BCUT2D eigenvalue weighted by molar-refractivity contribution is 0.107. The monoisotopic (exact) mass is 442 g/mol. The number of hydrogen-bond donors (Lipinski definition) is 2. The fourth-order valence-corrected chi connectivity index (χ4v) is 3.64. The molecule has 0 aliphatic rings. The Bertz CT molecular complexity index is 686. The van der Waals surface area contributed by atoms with Crippen LogP contribution in [0.15, 0.2) is 23.8 Å². The molecule has 0 fully saturated rings. The molecule has 0 saturated carbocycles. The highest BCUT2D eigenvalue weighted by Crippen LogP contribution is 2.20. The largest absolute Gasteiger partial charge is 0.378 e. The van der Waals surface area contributed by atoms with Gasteiger partial charge in [-0.2, -0.15) is 0 Å². The molecule has 2 nitrogen and oxygen atoms in total. The van der Waals surface area contributed by atoms with E-state index in [1.54, 1.807) is 13.8 Å². The van der Waals surface area contributed by atoms with E-state index in [9.17, 15) is 10.2 Å². The highest BCUT2D eigenvalue weighted by molar-refractivity contribution is 5.32. The molecule has 0 amide bonds. The lowest BCUT2D eigenvalue weighted by Crippen LogP contribution is -2.22. The van der Waals surface area contributed by atoms with Crippen LogP contribution in [-0.2, 0) is 0 Å². The standard InChI is InChI=1S/C30H50O2/c1-25(2)15-11-17-27(5)19-13-23-29(7,31)21-9-10-22-30(8,32)24-14-20-28(6)18-12-16-26(3)4/h19,26,28,31-32H,1,11-18,20,23-24H2,2-8H3. The Morgan fingerprint density at radius 2 is 1.41 bits per heavy atom. The van der Waals surface area contributed by atoms with Crippen molar-refractivity contribution in [1.82, 2.24) is 0 Å². The summed E-state index contributed by atoms with van der Waals surface area (Å²) in [6, 6.07) is 0. The summed E-state index contributed by atoms with van der Waals surface area (Å²) < 4.78 is 0. The van der Waals surface area contributed by atoms with Crippen molar-refractivity contribution in [3.05, 3.63) is 23.8 Å². The Balaban J connectivity index is 4.37. The first kappa shape index (κ1) is 30.5. The number of allylic oxidation sites excluding steroid dienone is 3. The van der Waals surface area contributed by atoms with Crippen LogP contribution in [-0.4, -0.2) is 21.4 Å². The van der Waals surface area contributed by atoms with Crippen molar-refractivity contribution in [1.29, 1.82) is 0 Å². The molecule has 182 valence electrons. The van der Waals surface area contributed by atoms with Crippen LogP contribution in [0, 0.1) is 35.5 Å². The van der Waals surface area contributed by atoms with E-state index in [1.165, 1.54) is 30.4 Å². The predicted octanol–water partition coefficient (Wildman–Crippen LogP) is 7.60. The topological polar surface area (TPSA) is 40.5 Å². The van der Waals surface area contributed by atoms with E-state index in [2.05, 4.69) is 71.0 Å². The normalized spacial score (nSPS) is 16.2. The van der Waals surface area contributed by atoms with Gasteiger partial charge >= 0.3 is 0 Å². The highest BCUT2D eigenvalue weighted by atomic mass is 16.3. The minimum Gasteiger partial charge on any atom is -0.378 e. The summed E-state index contributed by atoms with van der Waals surface area (Å²) in [4.78, 5) is 0. The molecule has 0 bridgehead atoms. The Morgan fingerprint density at radius 1 is 0.844 bits per heavy atom. The molecule has 0 aliphatic carbocycles. The van der Waals surface area contributed by atoms with Gasteiger partial charge in [0, 0.05) is 0 Å². The van der Waals surface area contributed by atoms with Gasteiger partial charge in [-0.25, -0.2) is 0 Å². The molecular weight excluding hydrogens is 392 g/mol. The van der Waals surface area contributed by atoms with Crippen LogP contribution in [0.2, 0.25) is 0 Å². The summed E-state index contributed by atoms with van der Waals surface area (Å²) >= 11 is 0. The Labute approximate surface area is 200 Å². The van der Waals surface area contributed by atoms with Gasteiger partial charge in [-0.1, -0.05) is 75.5 Å². The zero-order chi connectivity index (χ0) is 24.6. The molecule has 0 radical (unpaired) electrons. The minimum absolute atomic E-state index is 0.574. The number of rotatable bonds is 15. The number of aliphatic hydroxyl groups is 2. The van der Waals surface area contributed by atoms with E-state index in [4.69, 9.17) is 0 Å². The summed E-state index contributed by atoms with van der Waals surface area (Å²) in [6.45, 7) is 18.5. The predicted molar refractivity (Wildman–Crippen MR) is 140 cm³/mol.